The fourth-order valence-electron chi connectivity index (χ4n) is 0.427. The standard InChI is InChI=1S/C4H3N3S2/c5-1-4-2-6-3-7(4)9-8/h2-3,8H. The van der Waals surface area contributed by atoms with E-state index in [1.165, 1.54) is 12.5 Å². The van der Waals surface area contributed by atoms with Gasteiger partial charge in [-0.1, -0.05) is 11.7 Å². The first kappa shape index (κ1) is 6.52. The molecule has 0 bridgehead atoms. The quantitative estimate of drug-likeness (QED) is 0.490. The van der Waals surface area contributed by atoms with Gasteiger partial charge in [0.1, 0.15) is 12.4 Å². The lowest BCUT2D eigenvalue weighted by atomic mass is 10.6. The van der Waals surface area contributed by atoms with E-state index < -0.39 is 0 Å². The molecular formula is C4H3N3S2. The van der Waals surface area contributed by atoms with Crippen LogP contribution in [0.4, 0.5) is 0 Å². The Morgan fingerprint density at radius 2 is 2.67 bits per heavy atom. The first-order valence-electron chi connectivity index (χ1n) is 2.13. The smallest absolute Gasteiger partial charge is 0.150 e. The first-order valence-corrected chi connectivity index (χ1v) is 3.95. The summed E-state index contributed by atoms with van der Waals surface area (Å²) in [6, 6.07) is 1.96. The van der Waals surface area contributed by atoms with Gasteiger partial charge in [-0.3, -0.25) is 3.97 Å². The Bertz CT molecular complexity index is 236. The number of imidazole rings is 1. The van der Waals surface area contributed by atoms with Gasteiger partial charge in [-0.05, 0) is 0 Å². The molecule has 0 atom stereocenters. The summed E-state index contributed by atoms with van der Waals surface area (Å²) in [6.45, 7) is 0. The maximum Gasteiger partial charge on any atom is 0.150 e. The van der Waals surface area contributed by atoms with E-state index in [1.807, 2.05) is 6.07 Å². The summed E-state index contributed by atoms with van der Waals surface area (Å²) in [5.41, 5.74) is 0.509. The molecule has 1 heterocycles. The molecule has 46 valence electrons. The van der Waals surface area contributed by atoms with E-state index in [0.29, 0.717) is 5.69 Å². The number of thiol groups is 1. The van der Waals surface area contributed by atoms with Crippen LogP contribution in [0.3, 0.4) is 0 Å². The summed E-state index contributed by atoms with van der Waals surface area (Å²) in [6.07, 6.45) is 3.03. The molecule has 0 aliphatic rings. The van der Waals surface area contributed by atoms with Crippen molar-refractivity contribution >= 4 is 22.6 Å². The molecule has 0 N–H and O–H groups in total. The number of hydrogen-bond acceptors (Lipinski definition) is 4. The molecule has 0 aliphatic carbocycles. The topological polar surface area (TPSA) is 41.6 Å². The third-order valence-corrected chi connectivity index (χ3v) is 1.80. The summed E-state index contributed by atoms with van der Waals surface area (Å²) in [5, 5.41) is 8.38. The van der Waals surface area contributed by atoms with Crippen LogP contribution in [0.2, 0.25) is 0 Å². The van der Waals surface area contributed by atoms with Crippen molar-refractivity contribution in [1.29, 1.82) is 5.26 Å². The number of nitriles is 1. The van der Waals surface area contributed by atoms with Crippen LogP contribution in [0, 0.1) is 11.3 Å². The van der Waals surface area contributed by atoms with Gasteiger partial charge < -0.3 is 0 Å². The largest absolute Gasteiger partial charge is 0.254 e. The van der Waals surface area contributed by atoms with Crippen LogP contribution >= 0.6 is 22.6 Å². The van der Waals surface area contributed by atoms with Crippen molar-refractivity contribution in [2.24, 2.45) is 0 Å². The minimum Gasteiger partial charge on any atom is -0.254 e. The van der Waals surface area contributed by atoms with E-state index in [2.05, 4.69) is 16.6 Å². The maximum atomic E-state index is 8.38. The minimum atomic E-state index is 0.509. The molecule has 1 rings (SSSR count). The van der Waals surface area contributed by atoms with Crippen LogP contribution in [-0.2, 0) is 0 Å². The predicted octanol–water partition coefficient (Wildman–Crippen LogP) is 1.10. The molecule has 1 aromatic heterocycles. The van der Waals surface area contributed by atoms with Crippen LogP contribution in [-0.4, -0.2) is 8.96 Å². The van der Waals surface area contributed by atoms with Crippen LogP contribution in [0.5, 0.6) is 0 Å². The molecule has 0 aromatic carbocycles. The monoisotopic (exact) mass is 157 g/mol. The van der Waals surface area contributed by atoms with Gasteiger partial charge in [0.2, 0.25) is 0 Å². The van der Waals surface area contributed by atoms with Gasteiger partial charge in [-0.25, -0.2) is 4.98 Å². The Kier molecular flexibility index (Phi) is 2.03. The second-order valence-electron chi connectivity index (χ2n) is 1.30. The first-order chi connectivity index (χ1) is 4.38. The van der Waals surface area contributed by atoms with Crippen LogP contribution < -0.4 is 0 Å². The lowest BCUT2D eigenvalue weighted by Crippen LogP contribution is -1.82. The van der Waals surface area contributed by atoms with E-state index in [-0.39, 0.29) is 0 Å². The highest BCUT2D eigenvalue weighted by Gasteiger charge is 1.96. The Balaban J connectivity index is 3.02. The predicted molar refractivity (Wildman–Crippen MR) is 38.9 cm³/mol. The van der Waals surface area contributed by atoms with Crippen molar-refractivity contribution in [3.8, 4) is 6.07 Å². The van der Waals surface area contributed by atoms with Gasteiger partial charge in [-0.15, -0.1) is 0 Å². The normalized spacial score (nSPS) is 8.89. The fourth-order valence-corrected chi connectivity index (χ4v) is 1.09. The van der Waals surface area contributed by atoms with Crippen LogP contribution in [0.25, 0.3) is 0 Å². The van der Waals surface area contributed by atoms with Crippen molar-refractivity contribution in [1.82, 2.24) is 8.96 Å². The Labute approximate surface area is 61.6 Å². The highest BCUT2D eigenvalue weighted by atomic mass is 33.1. The zero-order valence-electron chi connectivity index (χ0n) is 4.35. The summed E-state index contributed by atoms with van der Waals surface area (Å²) < 4.78 is 1.57. The number of aromatic nitrogens is 2. The molecular weight excluding hydrogens is 154 g/mol. The average molecular weight is 157 g/mol. The third-order valence-electron chi connectivity index (χ3n) is 0.808. The Hall–Kier alpha value is -0.600. The van der Waals surface area contributed by atoms with Gasteiger partial charge in [0.05, 0.1) is 6.20 Å². The second kappa shape index (κ2) is 2.80. The number of nitrogens with zero attached hydrogens (tertiary/aromatic N) is 3. The molecule has 5 heteroatoms. The average Bonchev–Trinajstić information content (AvgIpc) is 2.33. The Morgan fingerprint density at radius 3 is 3.11 bits per heavy atom. The van der Waals surface area contributed by atoms with E-state index in [0.717, 1.165) is 11.0 Å². The molecule has 0 saturated heterocycles. The lowest BCUT2D eigenvalue weighted by Gasteiger charge is -1.90. The summed E-state index contributed by atoms with van der Waals surface area (Å²) in [4.78, 5) is 3.73. The third kappa shape index (κ3) is 1.20. The minimum absolute atomic E-state index is 0.509. The second-order valence-corrected chi connectivity index (χ2v) is 2.34. The summed E-state index contributed by atoms with van der Waals surface area (Å²) in [7, 11) is 1.15. The molecule has 0 amide bonds. The zero-order chi connectivity index (χ0) is 6.69. The zero-order valence-corrected chi connectivity index (χ0v) is 6.06. The molecule has 0 aliphatic heterocycles. The highest BCUT2D eigenvalue weighted by Crippen LogP contribution is 2.11. The number of hydrogen-bond donors (Lipinski definition) is 1. The van der Waals surface area contributed by atoms with Crippen LogP contribution in [0.1, 0.15) is 5.69 Å². The fraction of sp³-hybridized carbons (Fsp3) is 0. The molecule has 0 spiro atoms. The van der Waals surface area contributed by atoms with Gasteiger partial charge >= 0.3 is 0 Å². The van der Waals surface area contributed by atoms with Crippen molar-refractivity contribution in [2.75, 3.05) is 0 Å². The van der Waals surface area contributed by atoms with Gasteiger partial charge in [0.25, 0.3) is 0 Å². The Morgan fingerprint density at radius 1 is 1.89 bits per heavy atom. The molecule has 0 saturated carbocycles. The molecule has 1 aromatic rings. The highest BCUT2D eigenvalue weighted by molar-refractivity contribution is 8.68. The molecule has 3 nitrogen and oxygen atoms in total. The van der Waals surface area contributed by atoms with E-state index in [1.54, 1.807) is 3.97 Å². The lowest BCUT2D eigenvalue weighted by molar-refractivity contribution is 1.22. The summed E-state index contributed by atoms with van der Waals surface area (Å²) in [5.74, 6) is 0. The van der Waals surface area contributed by atoms with E-state index in [9.17, 15) is 0 Å². The van der Waals surface area contributed by atoms with E-state index >= 15 is 0 Å². The van der Waals surface area contributed by atoms with Crippen LogP contribution in [0.15, 0.2) is 12.5 Å². The maximum absolute atomic E-state index is 8.38. The molecule has 0 radical (unpaired) electrons. The van der Waals surface area contributed by atoms with Crippen molar-refractivity contribution < 1.29 is 0 Å². The van der Waals surface area contributed by atoms with Crippen molar-refractivity contribution in [2.45, 2.75) is 0 Å². The van der Waals surface area contributed by atoms with Crippen molar-refractivity contribution in [3.05, 3.63) is 18.2 Å². The SMILES string of the molecule is N#Cc1cncn1SS. The van der Waals surface area contributed by atoms with Gasteiger partial charge in [-0.2, -0.15) is 5.26 Å². The molecule has 0 unspecified atom stereocenters. The number of rotatable bonds is 1. The van der Waals surface area contributed by atoms with Gasteiger partial charge in [0, 0.05) is 11.0 Å². The van der Waals surface area contributed by atoms with E-state index in [4.69, 9.17) is 5.26 Å². The van der Waals surface area contributed by atoms with Crippen molar-refractivity contribution in [3.63, 3.8) is 0 Å². The van der Waals surface area contributed by atoms with Gasteiger partial charge in [0.15, 0.2) is 5.69 Å². The molecule has 0 fully saturated rings. The summed E-state index contributed by atoms with van der Waals surface area (Å²) >= 11 is 3.89. The molecule has 9 heavy (non-hydrogen) atoms.